The first-order valence-electron chi connectivity index (χ1n) is 7.76. The summed E-state index contributed by atoms with van der Waals surface area (Å²) in [6.07, 6.45) is 0.241. The molecule has 0 fully saturated rings. The molecule has 6 nitrogen and oxygen atoms in total. The Morgan fingerprint density at radius 1 is 0.926 bits per heavy atom. The van der Waals surface area contributed by atoms with E-state index in [0.29, 0.717) is 0 Å². The van der Waals surface area contributed by atoms with Gasteiger partial charge in [0, 0.05) is 0 Å². The van der Waals surface area contributed by atoms with Gasteiger partial charge in [-0.25, -0.2) is 17.9 Å². The number of hydrogen-bond donors (Lipinski definition) is 2. The normalized spacial score (nSPS) is 23.1. The van der Waals surface area contributed by atoms with Gasteiger partial charge in [-0.2, -0.15) is 8.42 Å². The molecule has 2 atom stereocenters. The van der Waals surface area contributed by atoms with E-state index in [1.807, 2.05) is 30.3 Å². The van der Waals surface area contributed by atoms with Gasteiger partial charge in [0.15, 0.2) is 10.9 Å². The lowest BCUT2D eigenvalue weighted by Gasteiger charge is -2.33. The number of alkyl halides is 1. The van der Waals surface area contributed by atoms with Crippen LogP contribution < -0.4 is 5.14 Å². The maximum Gasteiger partial charge on any atom is 0.281 e. The zero-order valence-corrected chi connectivity index (χ0v) is 15.5. The average Bonchev–Trinajstić information content (AvgIpc) is 2.61. The molecule has 0 saturated carbocycles. The molecule has 2 aromatic carbocycles. The summed E-state index contributed by atoms with van der Waals surface area (Å²) in [6.45, 7) is 0. The van der Waals surface area contributed by atoms with Crippen molar-refractivity contribution in [3.05, 3.63) is 83.3 Å². The predicted molar refractivity (Wildman–Crippen MR) is 100 cm³/mol. The van der Waals surface area contributed by atoms with Crippen LogP contribution in [0.25, 0.3) is 11.1 Å². The highest BCUT2D eigenvalue weighted by Gasteiger charge is 2.54. The minimum Gasteiger partial charge on any atom is -0.285 e. The highest BCUT2D eigenvalue weighted by Crippen LogP contribution is 2.43. The van der Waals surface area contributed by atoms with E-state index in [1.54, 1.807) is 12.1 Å². The van der Waals surface area contributed by atoms with Crippen LogP contribution in [0.4, 0.5) is 4.39 Å². The fraction of sp³-hybridized carbons (Fsp3) is 0.111. The number of hydrogen-bond acceptors (Lipinski definition) is 4. The summed E-state index contributed by atoms with van der Waals surface area (Å²) in [5, 5.41) is 5.00. The van der Waals surface area contributed by atoms with Crippen molar-refractivity contribution < 1.29 is 25.8 Å². The van der Waals surface area contributed by atoms with Gasteiger partial charge in [-0.3, -0.25) is 4.55 Å². The minimum atomic E-state index is -5.08. The molecule has 0 heterocycles. The topological polar surface area (TPSA) is 115 Å². The number of benzene rings is 2. The molecule has 2 aromatic rings. The lowest BCUT2D eigenvalue weighted by Crippen LogP contribution is -2.46. The molecule has 0 saturated heterocycles. The monoisotopic (exact) mass is 409 g/mol. The summed E-state index contributed by atoms with van der Waals surface area (Å²) < 4.78 is 69.9. The first-order valence-corrected chi connectivity index (χ1v) is 10.8. The molecule has 0 aliphatic heterocycles. The van der Waals surface area contributed by atoms with E-state index in [2.05, 4.69) is 0 Å². The number of nitrogens with two attached hydrogens (primary N) is 1. The van der Waals surface area contributed by atoms with Gasteiger partial charge in [0.2, 0.25) is 10.0 Å². The maximum atomic E-state index is 15.2. The number of sulfonamides is 1. The standard InChI is InChI=1S/C18H16FNO5S2/c19-17-16(26(20,21)22)7-4-12-18(17,27(23,24)25)15-10-8-14(9-11-15)13-5-2-1-3-6-13/h1-12,17H,(H2,20,21,22)(H,23,24,25). The van der Waals surface area contributed by atoms with Crippen molar-refractivity contribution >= 4 is 20.1 Å². The van der Waals surface area contributed by atoms with Gasteiger partial charge >= 0.3 is 0 Å². The number of rotatable bonds is 4. The third kappa shape index (κ3) is 3.34. The Bertz CT molecular complexity index is 1120. The summed E-state index contributed by atoms with van der Waals surface area (Å²) in [7, 11) is -9.59. The summed E-state index contributed by atoms with van der Waals surface area (Å²) in [6, 6.07) is 15.0. The van der Waals surface area contributed by atoms with Gasteiger partial charge < -0.3 is 0 Å². The fourth-order valence-electron chi connectivity index (χ4n) is 3.07. The van der Waals surface area contributed by atoms with E-state index >= 15 is 4.39 Å². The Morgan fingerprint density at radius 2 is 1.48 bits per heavy atom. The van der Waals surface area contributed by atoms with Crippen LogP contribution in [0.2, 0.25) is 0 Å². The number of halogens is 1. The van der Waals surface area contributed by atoms with Crippen molar-refractivity contribution in [2.75, 3.05) is 0 Å². The van der Waals surface area contributed by atoms with Crippen LogP contribution >= 0.6 is 0 Å². The van der Waals surface area contributed by atoms with Crippen molar-refractivity contribution in [2.45, 2.75) is 10.9 Å². The van der Waals surface area contributed by atoms with Gasteiger partial charge in [0.1, 0.15) is 0 Å². The second-order valence-corrected chi connectivity index (χ2v) is 9.23. The summed E-state index contributed by atoms with van der Waals surface area (Å²) >= 11 is 0. The lowest BCUT2D eigenvalue weighted by atomic mass is 9.88. The van der Waals surface area contributed by atoms with Gasteiger partial charge in [0.25, 0.3) is 10.1 Å². The molecule has 2 unspecified atom stereocenters. The van der Waals surface area contributed by atoms with Crippen molar-refractivity contribution in [1.82, 2.24) is 0 Å². The van der Waals surface area contributed by atoms with Crippen molar-refractivity contribution in [3.63, 3.8) is 0 Å². The van der Waals surface area contributed by atoms with Crippen LogP contribution in [0.15, 0.2) is 77.7 Å². The third-order valence-electron chi connectivity index (χ3n) is 4.43. The lowest BCUT2D eigenvalue weighted by molar-refractivity contribution is 0.309. The SMILES string of the molecule is NS(=O)(=O)C1=CC=CC(c2ccc(-c3ccccc3)cc2)(S(=O)(=O)O)C1F. The fourth-order valence-corrected chi connectivity index (χ4v) is 4.96. The smallest absolute Gasteiger partial charge is 0.281 e. The van der Waals surface area contributed by atoms with Crippen molar-refractivity contribution in [3.8, 4) is 11.1 Å². The molecule has 1 aliphatic carbocycles. The van der Waals surface area contributed by atoms with E-state index in [0.717, 1.165) is 29.4 Å². The molecule has 0 spiro atoms. The minimum absolute atomic E-state index is 0.123. The molecule has 0 bridgehead atoms. The number of allylic oxidation sites excluding steroid dienone is 3. The summed E-state index contributed by atoms with van der Waals surface area (Å²) in [4.78, 5) is -0.922. The van der Waals surface area contributed by atoms with E-state index in [-0.39, 0.29) is 5.56 Å². The van der Waals surface area contributed by atoms with Crippen molar-refractivity contribution in [1.29, 1.82) is 0 Å². The highest BCUT2D eigenvalue weighted by atomic mass is 32.2. The van der Waals surface area contributed by atoms with Gasteiger partial charge in [-0.15, -0.1) is 0 Å². The quantitative estimate of drug-likeness (QED) is 0.753. The van der Waals surface area contributed by atoms with Crippen LogP contribution in [-0.4, -0.2) is 27.6 Å². The van der Waals surface area contributed by atoms with Crippen LogP contribution in [0.1, 0.15) is 5.56 Å². The zero-order valence-electron chi connectivity index (χ0n) is 13.9. The molecule has 9 heteroatoms. The molecule has 27 heavy (non-hydrogen) atoms. The summed E-state index contributed by atoms with van der Waals surface area (Å²) in [5.74, 6) is 0. The second kappa shape index (κ2) is 6.68. The first-order chi connectivity index (χ1) is 12.6. The second-order valence-electron chi connectivity index (χ2n) is 6.05. The van der Waals surface area contributed by atoms with Gasteiger partial charge in [-0.05, 0) is 22.8 Å². The summed E-state index contributed by atoms with van der Waals surface area (Å²) in [5.41, 5.74) is 1.47. The molecule has 3 rings (SSSR count). The maximum absolute atomic E-state index is 15.2. The Balaban J connectivity index is 2.16. The molecule has 3 N–H and O–H groups in total. The van der Waals surface area contributed by atoms with Gasteiger partial charge in [0.05, 0.1) is 4.91 Å². The molecule has 0 radical (unpaired) electrons. The largest absolute Gasteiger partial charge is 0.285 e. The Labute approximate surface area is 156 Å². The Morgan fingerprint density at radius 3 is 2.00 bits per heavy atom. The predicted octanol–water partition coefficient (Wildman–Crippen LogP) is 2.52. The third-order valence-corrected chi connectivity index (χ3v) is 6.86. The average molecular weight is 409 g/mol. The number of primary sulfonamides is 1. The van der Waals surface area contributed by atoms with E-state index in [4.69, 9.17) is 5.14 Å². The highest BCUT2D eigenvalue weighted by molar-refractivity contribution is 7.93. The molecule has 0 amide bonds. The molecule has 1 aliphatic rings. The van der Waals surface area contributed by atoms with Crippen LogP contribution in [0.3, 0.4) is 0 Å². The van der Waals surface area contributed by atoms with Crippen molar-refractivity contribution in [2.24, 2.45) is 5.14 Å². The van der Waals surface area contributed by atoms with Gasteiger partial charge in [-0.1, -0.05) is 66.7 Å². The molecule has 0 aromatic heterocycles. The van der Waals surface area contributed by atoms with E-state index in [1.165, 1.54) is 12.1 Å². The van der Waals surface area contributed by atoms with E-state index < -0.39 is 36.0 Å². The molecular weight excluding hydrogens is 393 g/mol. The van der Waals surface area contributed by atoms with Crippen LogP contribution in [0, 0.1) is 0 Å². The zero-order chi connectivity index (χ0) is 19.9. The Kier molecular flexibility index (Phi) is 4.81. The molecular formula is C18H16FNO5S2. The van der Waals surface area contributed by atoms with Crippen LogP contribution in [0.5, 0.6) is 0 Å². The molecule has 142 valence electrons. The first kappa shape index (κ1) is 19.4. The Hall–Kier alpha value is -2.33. The van der Waals surface area contributed by atoms with Crippen LogP contribution in [-0.2, 0) is 24.9 Å². The van der Waals surface area contributed by atoms with E-state index in [9.17, 15) is 21.4 Å².